The maximum Gasteiger partial charge on any atom is 0.416 e. The Hall–Kier alpha value is -2.11. The smallest absolute Gasteiger partial charge is 0.416 e. The van der Waals surface area contributed by atoms with Gasteiger partial charge in [-0.1, -0.05) is 12.1 Å². The first kappa shape index (κ1) is 22.9. The van der Waals surface area contributed by atoms with Crippen LogP contribution in [0, 0.1) is 5.82 Å². The number of rotatable bonds is 5. The van der Waals surface area contributed by atoms with E-state index < -0.39 is 17.6 Å². The largest absolute Gasteiger partial charge is 0.481 e. The van der Waals surface area contributed by atoms with Crippen LogP contribution in [-0.4, -0.2) is 25.1 Å². The molecule has 0 fully saturated rings. The van der Waals surface area contributed by atoms with Gasteiger partial charge in [0.1, 0.15) is 5.82 Å². The third kappa shape index (κ3) is 6.52. The summed E-state index contributed by atoms with van der Waals surface area (Å²) in [5.41, 5.74) is -0.342. The van der Waals surface area contributed by atoms with Gasteiger partial charge >= 0.3 is 6.18 Å². The number of halogens is 5. The second-order valence-corrected chi connectivity index (χ2v) is 5.25. The zero-order valence-electron chi connectivity index (χ0n) is 14.6. The molecule has 2 rings (SSSR count). The number of nitrogens with one attached hydrogen (secondary N) is 2. The number of ether oxygens (including phenoxy) is 1. The highest BCUT2D eigenvalue weighted by Gasteiger charge is 2.33. The fraction of sp³-hybridized carbons (Fsp3) is 0.294. The van der Waals surface area contributed by atoms with Crippen LogP contribution in [0.15, 0.2) is 41.5 Å². The molecule has 148 valence electrons. The first-order valence-corrected chi connectivity index (χ1v) is 7.63. The maximum atomic E-state index is 13.1. The summed E-state index contributed by atoms with van der Waals surface area (Å²) in [7, 11) is 2.98. The summed E-state index contributed by atoms with van der Waals surface area (Å²) in [6, 6.07) is 6.11. The van der Waals surface area contributed by atoms with Crippen molar-refractivity contribution in [2.24, 2.45) is 4.99 Å². The molecule has 0 saturated carbocycles. The Balaban J connectivity index is 0.00000364. The number of guanidine groups is 1. The van der Waals surface area contributed by atoms with Crippen molar-refractivity contribution in [3.63, 3.8) is 0 Å². The van der Waals surface area contributed by atoms with Gasteiger partial charge in [0, 0.05) is 31.9 Å². The molecular formula is C17H19F4IN4O. The number of pyridine rings is 1. The predicted octanol–water partition coefficient (Wildman–Crippen LogP) is 3.73. The van der Waals surface area contributed by atoms with Gasteiger partial charge in [0.2, 0.25) is 5.88 Å². The van der Waals surface area contributed by atoms with Crippen molar-refractivity contribution in [2.45, 2.75) is 19.3 Å². The van der Waals surface area contributed by atoms with Gasteiger partial charge in [-0.05, 0) is 23.8 Å². The van der Waals surface area contributed by atoms with Crippen molar-refractivity contribution < 1.29 is 22.3 Å². The molecule has 0 atom stereocenters. The number of aromatic nitrogens is 1. The molecule has 2 aromatic rings. The molecule has 0 saturated heterocycles. The van der Waals surface area contributed by atoms with Crippen LogP contribution in [0.25, 0.3) is 0 Å². The molecule has 10 heteroatoms. The number of methoxy groups -OCH3 is 1. The molecule has 1 heterocycles. The lowest BCUT2D eigenvalue weighted by Crippen LogP contribution is -2.36. The van der Waals surface area contributed by atoms with Crippen LogP contribution < -0.4 is 15.4 Å². The van der Waals surface area contributed by atoms with E-state index in [1.807, 2.05) is 0 Å². The van der Waals surface area contributed by atoms with Crippen LogP contribution in [0.5, 0.6) is 5.88 Å². The topological polar surface area (TPSA) is 58.5 Å². The summed E-state index contributed by atoms with van der Waals surface area (Å²) in [6.45, 7) is 0.144. The number of hydrogen-bond acceptors (Lipinski definition) is 3. The van der Waals surface area contributed by atoms with Crippen molar-refractivity contribution in [3.8, 4) is 5.88 Å². The van der Waals surface area contributed by atoms with Gasteiger partial charge in [0.25, 0.3) is 0 Å². The van der Waals surface area contributed by atoms with Gasteiger partial charge in [0.05, 0.1) is 12.7 Å². The third-order valence-corrected chi connectivity index (χ3v) is 3.54. The lowest BCUT2D eigenvalue weighted by atomic mass is 10.1. The molecule has 0 unspecified atom stereocenters. The molecular weight excluding hydrogens is 479 g/mol. The van der Waals surface area contributed by atoms with Crippen molar-refractivity contribution >= 4 is 29.9 Å². The highest BCUT2D eigenvalue weighted by molar-refractivity contribution is 14.0. The van der Waals surface area contributed by atoms with Gasteiger partial charge < -0.3 is 15.4 Å². The van der Waals surface area contributed by atoms with E-state index in [0.717, 1.165) is 17.7 Å². The van der Waals surface area contributed by atoms with E-state index in [4.69, 9.17) is 4.74 Å². The molecule has 5 nitrogen and oxygen atoms in total. The minimum atomic E-state index is -4.64. The van der Waals surface area contributed by atoms with Crippen LogP contribution in [0.2, 0.25) is 0 Å². The summed E-state index contributed by atoms with van der Waals surface area (Å²) < 4.78 is 57.4. The normalized spacial score (nSPS) is 11.6. The van der Waals surface area contributed by atoms with Crippen molar-refractivity contribution in [3.05, 3.63) is 59.0 Å². The van der Waals surface area contributed by atoms with Crippen LogP contribution in [-0.2, 0) is 19.3 Å². The van der Waals surface area contributed by atoms with Gasteiger partial charge in [-0.15, -0.1) is 24.0 Å². The minimum Gasteiger partial charge on any atom is -0.481 e. The second-order valence-electron chi connectivity index (χ2n) is 5.25. The Labute approximate surface area is 171 Å². The number of aliphatic imine (C=N–C) groups is 1. The van der Waals surface area contributed by atoms with E-state index in [2.05, 4.69) is 20.6 Å². The first-order valence-electron chi connectivity index (χ1n) is 7.63. The Morgan fingerprint density at radius 2 is 1.81 bits per heavy atom. The molecule has 0 amide bonds. The van der Waals surface area contributed by atoms with E-state index in [1.54, 1.807) is 18.3 Å². The SMILES string of the molecule is CN=C(NCc1ccc(F)cc1C(F)(F)F)NCc1cccnc1OC.I. The van der Waals surface area contributed by atoms with E-state index in [9.17, 15) is 17.6 Å². The molecule has 1 aromatic carbocycles. The number of alkyl halides is 3. The second kappa shape index (κ2) is 10.3. The Bertz CT molecular complexity index is 784. The molecule has 2 N–H and O–H groups in total. The predicted molar refractivity (Wildman–Crippen MR) is 105 cm³/mol. The van der Waals surface area contributed by atoms with E-state index in [-0.39, 0.29) is 42.0 Å². The highest BCUT2D eigenvalue weighted by atomic mass is 127. The average Bonchev–Trinajstić information content (AvgIpc) is 2.62. The Morgan fingerprint density at radius 3 is 2.41 bits per heavy atom. The molecule has 0 aliphatic rings. The Kier molecular flexibility index (Phi) is 8.73. The molecule has 0 radical (unpaired) electrons. The van der Waals surface area contributed by atoms with Crippen molar-refractivity contribution in [1.29, 1.82) is 0 Å². The van der Waals surface area contributed by atoms with Gasteiger partial charge in [-0.25, -0.2) is 9.37 Å². The van der Waals surface area contributed by atoms with Gasteiger partial charge in [-0.3, -0.25) is 4.99 Å². The van der Waals surface area contributed by atoms with E-state index in [1.165, 1.54) is 14.2 Å². The molecule has 0 aliphatic heterocycles. The molecule has 1 aromatic heterocycles. The summed E-state index contributed by atoms with van der Waals surface area (Å²) in [5, 5.41) is 5.74. The van der Waals surface area contributed by atoms with E-state index in [0.29, 0.717) is 18.5 Å². The fourth-order valence-electron chi connectivity index (χ4n) is 2.29. The number of nitrogens with zero attached hydrogens (tertiary/aromatic N) is 2. The number of benzene rings is 1. The summed E-state index contributed by atoms with van der Waals surface area (Å²) >= 11 is 0. The lowest BCUT2D eigenvalue weighted by molar-refractivity contribution is -0.138. The van der Waals surface area contributed by atoms with Crippen molar-refractivity contribution in [2.75, 3.05) is 14.2 Å². The highest BCUT2D eigenvalue weighted by Crippen LogP contribution is 2.32. The van der Waals surface area contributed by atoms with Crippen LogP contribution in [0.3, 0.4) is 0 Å². The fourth-order valence-corrected chi connectivity index (χ4v) is 2.29. The molecule has 27 heavy (non-hydrogen) atoms. The monoisotopic (exact) mass is 498 g/mol. The van der Waals surface area contributed by atoms with Gasteiger partial charge in [0.15, 0.2) is 5.96 Å². The summed E-state index contributed by atoms with van der Waals surface area (Å²) in [6.07, 6.45) is -3.05. The lowest BCUT2D eigenvalue weighted by Gasteiger charge is -2.16. The summed E-state index contributed by atoms with van der Waals surface area (Å²) in [4.78, 5) is 8.02. The maximum absolute atomic E-state index is 13.1. The standard InChI is InChI=1S/C17H18F4N4O.HI/c1-22-16(25-10-12-4-3-7-23-15(12)26-2)24-9-11-5-6-13(18)8-14(11)17(19,20)21;/h3-8H,9-10H2,1-2H3,(H2,22,24,25);1H. The molecule has 0 aliphatic carbocycles. The minimum absolute atomic E-state index is 0. The number of hydrogen-bond donors (Lipinski definition) is 2. The van der Waals surface area contributed by atoms with Crippen LogP contribution in [0.1, 0.15) is 16.7 Å². The Morgan fingerprint density at radius 1 is 1.15 bits per heavy atom. The quantitative estimate of drug-likeness (QED) is 0.286. The summed E-state index contributed by atoms with van der Waals surface area (Å²) in [5.74, 6) is -0.214. The molecule has 0 bridgehead atoms. The molecule has 0 spiro atoms. The van der Waals surface area contributed by atoms with Gasteiger partial charge in [-0.2, -0.15) is 13.2 Å². The zero-order chi connectivity index (χ0) is 19.2. The van der Waals surface area contributed by atoms with Crippen LogP contribution in [0.4, 0.5) is 17.6 Å². The first-order chi connectivity index (χ1) is 12.3. The third-order valence-electron chi connectivity index (χ3n) is 3.54. The van der Waals surface area contributed by atoms with Crippen molar-refractivity contribution in [1.82, 2.24) is 15.6 Å². The zero-order valence-corrected chi connectivity index (χ0v) is 16.9. The average molecular weight is 498 g/mol. The van der Waals surface area contributed by atoms with E-state index >= 15 is 0 Å². The van der Waals surface area contributed by atoms with Crippen LogP contribution >= 0.6 is 24.0 Å².